The fourth-order valence-corrected chi connectivity index (χ4v) is 4.75. The fraction of sp³-hybridized carbons (Fsp3) is 0.571. The maximum Gasteiger partial charge on any atom is 0.125 e. The summed E-state index contributed by atoms with van der Waals surface area (Å²) in [5.74, 6) is 0. The van der Waals surface area contributed by atoms with Gasteiger partial charge in [0, 0.05) is 41.1 Å². The van der Waals surface area contributed by atoms with E-state index in [0.29, 0.717) is 13.2 Å². The molecule has 1 fully saturated rings. The van der Waals surface area contributed by atoms with Crippen LogP contribution in [0.1, 0.15) is 80.4 Å². The van der Waals surface area contributed by atoms with E-state index in [2.05, 4.69) is 54.0 Å². The average molecular weight is 478 g/mol. The van der Waals surface area contributed by atoms with Gasteiger partial charge in [-0.2, -0.15) is 0 Å². The smallest absolute Gasteiger partial charge is 0.125 e. The summed E-state index contributed by atoms with van der Waals surface area (Å²) in [6.07, 6.45) is 5.56. The maximum atomic E-state index is 5.87. The van der Waals surface area contributed by atoms with E-state index in [0.717, 1.165) is 72.1 Å². The second-order valence-electron chi connectivity index (χ2n) is 10.8. The standard InChI is InChI=1S/C28H39N5O2/c1-19-14-20(2)29-25(15-19)22(4)31-34-17-28(5,6)18-35-32-24-11-9-10-23-26(33-12-7-8-13-33)16-21(3)30-27(23)24/h14-16H,7-13,17-18H2,1-6H3. The van der Waals surface area contributed by atoms with Gasteiger partial charge in [0.2, 0.25) is 0 Å². The summed E-state index contributed by atoms with van der Waals surface area (Å²) in [5.41, 5.74) is 9.20. The van der Waals surface area contributed by atoms with Crippen molar-refractivity contribution in [2.24, 2.45) is 15.7 Å². The number of rotatable bonds is 8. The van der Waals surface area contributed by atoms with E-state index in [9.17, 15) is 0 Å². The quantitative estimate of drug-likeness (QED) is 0.369. The van der Waals surface area contributed by atoms with E-state index < -0.39 is 0 Å². The second kappa shape index (κ2) is 10.8. The van der Waals surface area contributed by atoms with Crippen LogP contribution in [0, 0.1) is 26.2 Å². The molecule has 0 amide bonds. The van der Waals surface area contributed by atoms with Gasteiger partial charge >= 0.3 is 0 Å². The third-order valence-electron chi connectivity index (χ3n) is 6.54. The molecule has 2 aromatic rings. The maximum absolute atomic E-state index is 5.87. The Morgan fingerprint density at radius 1 is 0.943 bits per heavy atom. The van der Waals surface area contributed by atoms with Crippen molar-refractivity contribution in [3.05, 3.63) is 52.1 Å². The lowest BCUT2D eigenvalue weighted by molar-refractivity contribution is -0.000158. The van der Waals surface area contributed by atoms with Gasteiger partial charge < -0.3 is 14.6 Å². The van der Waals surface area contributed by atoms with E-state index in [4.69, 9.17) is 14.7 Å². The normalized spacial score (nSPS) is 17.6. The Kier molecular flexibility index (Phi) is 7.72. The van der Waals surface area contributed by atoms with Gasteiger partial charge in [-0.1, -0.05) is 24.2 Å². The molecular formula is C28H39N5O2. The number of pyridine rings is 2. The number of nitrogens with zero attached hydrogens (tertiary/aromatic N) is 5. The highest BCUT2D eigenvalue weighted by Crippen LogP contribution is 2.32. The largest absolute Gasteiger partial charge is 0.395 e. The highest BCUT2D eigenvalue weighted by Gasteiger charge is 2.26. The second-order valence-corrected chi connectivity index (χ2v) is 10.8. The van der Waals surface area contributed by atoms with Gasteiger partial charge in [-0.25, -0.2) is 0 Å². The molecule has 7 heteroatoms. The Morgan fingerprint density at radius 3 is 2.40 bits per heavy atom. The Balaban J connectivity index is 1.38. The molecule has 4 rings (SSSR count). The van der Waals surface area contributed by atoms with Crippen molar-refractivity contribution < 1.29 is 9.68 Å². The van der Waals surface area contributed by atoms with Gasteiger partial charge in [-0.15, -0.1) is 0 Å². The summed E-state index contributed by atoms with van der Waals surface area (Å²) in [5, 5.41) is 8.86. The summed E-state index contributed by atoms with van der Waals surface area (Å²) in [6, 6.07) is 6.31. The molecule has 3 heterocycles. The zero-order valence-corrected chi connectivity index (χ0v) is 22.1. The highest BCUT2D eigenvalue weighted by molar-refractivity contribution is 6.02. The van der Waals surface area contributed by atoms with Crippen molar-refractivity contribution >= 4 is 17.1 Å². The molecule has 0 aromatic carbocycles. The van der Waals surface area contributed by atoms with Crippen molar-refractivity contribution in [1.82, 2.24) is 9.97 Å². The third-order valence-corrected chi connectivity index (χ3v) is 6.54. The lowest BCUT2D eigenvalue weighted by Crippen LogP contribution is -2.26. The predicted octanol–water partition coefficient (Wildman–Crippen LogP) is 5.53. The van der Waals surface area contributed by atoms with E-state index >= 15 is 0 Å². The minimum atomic E-state index is -0.248. The number of fused-ring (bicyclic) bond motifs is 1. The summed E-state index contributed by atoms with van der Waals surface area (Å²) >= 11 is 0. The fourth-order valence-electron chi connectivity index (χ4n) is 4.75. The zero-order valence-electron chi connectivity index (χ0n) is 22.1. The summed E-state index contributed by atoms with van der Waals surface area (Å²) < 4.78 is 0. The number of anilines is 1. The molecule has 0 bridgehead atoms. The van der Waals surface area contributed by atoms with Crippen molar-refractivity contribution in [2.45, 2.75) is 73.6 Å². The van der Waals surface area contributed by atoms with Crippen molar-refractivity contribution in [1.29, 1.82) is 0 Å². The van der Waals surface area contributed by atoms with Gasteiger partial charge in [-0.3, -0.25) is 9.97 Å². The Hall–Kier alpha value is -2.96. The molecule has 7 nitrogen and oxygen atoms in total. The van der Waals surface area contributed by atoms with Crippen molar-refractivity contribution in [3.8, 4) is 0 Å². The minimum absolute atomic E-state index is 0.248. The molecule has 0 atom stereocenters. The summed E-state index contributed by atoms with van der Waals surface area (Å²) in [6.45, 7) is 15.4. The van der Waals surface area contributed by atoms with Gasteiger partial charge in [0.1, 0.15) is 24.6 Å². The molecule has 0 N–H and O–H groups in total. The molecule has 188 valence electrons. The lowest BCUT2D eigenvalue weighted by atomic mass is 9.92. The van der Waals surface area contributed by atoms with Crippen LogP contribution in [0.3, 0.4) is 0 Å². The number of oxime groups is 2. The van der Waals surface area contributed by atoms with Crippen LogP contribution in [0.5, 0.6) is 0 Å². The molecule has 35 heavy (non-hydrogen) atoms. The number of hydrogen-bond donors (Lipinski definition) is 0. The Morgan fingerprint density at radius 2 is 1.66 bits per heavy atom. The SMILES string of the molecule is CC(=NOCC(C)(C)CON=C1CCCc2c(N3CCCC3)cc(C)nc21)c1cc(C)cc(C)n1. The Labute approximate surface area is 209 Å². The van der Waals surface area contributed by atoms with Crippen LogP contribution in [-0.4, -0.2) is 47.7 Å². The summed E-state index contributed by atoms with van der Waals surface area (Å²) in [7, 11) is 0. The summed E-state index contributed by atoms with van der Waals surface area (Å²) in [4.78, 5) is 23.5. The van der Waals surface area contributed by atoms with Crippen LogP contribution >= 0.6 is 0 Å². The van der Waals surface area contributed by atoms with Crippen LogP contribution < -0.4 is 4.90 Å². The van der Waals surface area contributed by atoms with Crippen LogP contribution in [0.4, 0.5) is 5.69 Å². The number of hydrogen-bond acceptors (Lipinski definition) is 7. The topological polar surface area (TPSA) is 72.2 Å². The van der Waals surface area contributed by atoms with E-state index in [1.165, 1.54) is 24.1 Å². The number of aromatic nitrogens is 2. The zero-order chi connectivity index (χ0) is 25.0. The molecule has 2 aromatic heterocycles. The van der Waals surface area contributed by atoms with E-state index in [-0.39, 0.29) is 5.41 Å². The average Bonchev–Trinajstić information content (AvgIpc) is 3.33. The molecule has 1 saturated heterocycles. The van der Waals surface area contributed by atoms with E-state index in [1.54, 1.807) is 0 Å². The third kappa shape index (κ3) is 6.38. The molecule has 0 saturated carbocycles. The van der Waals surface area contributed by atoms with Crippen LogP contribution in [0.25, 0.3) is 0 Å². The molecule has 1 aliphatic carbocycles. The molecule has 0 radical (unpaired) electrons. The highest BCUT2D eigenvalue weighted by atomic mass is 16.6. The molecule has 1 aliphatic heterocycles. The molecular weight excluding hydrogens is 438 g/mol. The van der Waals surface area contributed by atoms with Gasteiger partial charge in [-0.05, 0) is 83.6 Å². The predicted molar refractivity (Wildman–Crippen MR) is 142 cm³/mol. The van der Waals surface area contributed by atoms with Crippen molar-refractivity contribution in [3.63, 3.8) is 0 Å². The monoisotopic (exact) mass is 477 g/mol. The van der Waals surface area contributed by atoms with Crippen LogP contribution in [0.15, 0.2) is 28.5 Å². The van der Waals surface area contributed by atoms with Gasteiger partial charge in [0.25, 0.3) is 0 Å². The molecule has 2 aliphatic rings. The van der Waals surface area contributed by atoms with Gasteiger partial charge in [0.15, 0.2) is 0 Å². The first-order valence-electron chi connectivity index (χ1n) is 12.8. The molecule has 0 spiro atoms. The minimum Gasteiger partial charge on any atom is -0.395 e. The first kappa shape index (κ1) is 25.1. The van der Waals surface area contributed by atoms with E-state index in [1.807, 2.05) is 26.0 Å². The number of aryl methyl sites for hydroxylation is 3. The molecule has 0 unspecified atom stereocenters. The van der Waals surface area contributed by atoms with Crippen LogP contribution in [0.2, 0.25) is 0 Å². The first-order valence-corrected chi connectivity index (χ1v) is 12.8. The Bertz CT molecular complexity index is 1100. The first-order chi connectivity index (χ1) is 16.7. The lowest BCUT2D eigenvalue weighted by Gasteiger charge is -2.27. The van der Waals surface area contributed by atoms with Crippen molar-refractivity contribution in [2.75, 3.05) is 31.2 Å². The van der Waals surface area contributed by atoms with Crippen LogP contribution in [-0.2, 0) is 16.1 Å². The van der Waals surface area contributed by atoms with Gasteiger partial charge in [0.05, 0.1) is 11.4 Å².